The molecule has 0 radical (unpaired) electrons. The van der Waals surface area contributed by atoms with Crippen molar-refractivity contribution < 1.29 is 60.4 Å². The van der Waals surface area contributed by atoms with Crippen molar-refractivity contribution in [1.82, 2.24) is 14.9 Å². The summed E-state index contributed by atoms with van der Waals surface area (Å²) in [5.74, 6) is 0.00754. The SMILES string of the molecule is CCOC(=O)C(C)OP(=O)(CC(C)(C)NCc1ccc(C[C@H](NC(=O)O[C@H]2CO[C@H]3OCC[C@H]32)[C@H](O)CN(CC(C)C)S(=O)(=O)c2ccc(OC)cc2)cc1)Oc1ccccc1. The Bertz CT molecular complexity index is 2060. The van der Waals surface area contributed by atoms with Crippen LogP contribution in [0.2, 0.25) is 0 Å². The number of alkyl carbamates (subject to hydrolysis) is 1. The maximum Gasteiger partial charge on any atom is 0.407 e. The molecule has 3 N–H and O–H groups in total. The van der Waals surface area contributed by atoms with Gasteiger partial charge in [0.05, 0.1) is 56.1 Å². The lowest BCUT2D eigenvalue weighted by Crippen LogP contribution is -2.51. The van der Waals surface area contributed by atoms with Crippen LogP contribution in [0.3, 0.4) is 0 Å². The molecule has 342 valence electrons. The number of carbonyl (C=O) groups is 2. The number of nitrogens with zero attached hydrogens (tertiary/aromatic N) is 1. The summed E-state index contributed by atoms with van der Waals surface area (Å²) in [5.41, 5.74) is 0.815. The van der Waals surface area contributed by atoms with E-state index < -0.39 is 65.9 Å². The lowest BCUT2D eigenvalue weighted by molar-refractivity contribution is -0.150. The third-order valence-corrected chi connectivity index (χ3v) is 14.6. The van der Waals surface area contributed by atoms with Crippen molar-refractivity contribution in [3.8, 4) is 11.5 Å². The lowest BCUT2D eigenvalue weighted by atomic mass is 9.99. The number of benzene rings is 3. The van der Waals surface area contributed by atoms with E-state index in [0.717, 1.165) is 11.1 Å². The summed E-state index contributed by atoms with van der Waals surface area (Å²) < 4.78 is 82.4. The second-order valence-electron chi connectivity index (χ2n) is 16.6. The molecular weight excluding hydrogens is 842 g/mol. The van der Waals surface area contributed by atoms with Crippen LogP contribution in [-0.2, 0) is 55.8 Å². The van der Waals surface area contributed by atoms with E-state index in [9.17, 15) is 27.7 Å². The van der Waals surface area contributed by atoms with Gasteiger partial charge in [0.15, 0.2) is 12.4 Å². The molecule has 2 fully saturated rings. The summed E-state index contributed by atoms with van der Waals surface area (Å²) in [7, 11) is -6.49. The number of amides is 1. The standard InChI is InChI=1S/C44H62N3O13PS/c1-8-55-41(49)31(4)59-61(51,60-35-12-10-9-11-13-35)29-44(5,6)45-25-33-16-14-32(15-17-33)24-38(46-43(50)58-40-28-57-42-37(40)22-23-56-42)39(48)27-47(26-30(2)3)62(52,53)36-20-18-34(54-7)19-21-36/h9-21,30-31,37-40,42,45,48H,8,22-29H2,1-7H3,(H,46,50)/t31?,37-,38-,39+,40-,42+,61?/m0/s1. The average molecular weight is 904 g/mol. The number of aliphatic hydroxyl groups excluding tert-OH is 1. The topological polar surface area (TPSA) is 197 Å². The van der Waals surface area contributed by atoms with Crippen LogP contribution in [0.1, 0.15) is 59.1 Å². The van der Waals surface area contributed by atoms with Crippen LogP contribution in [0.4, 0.5) is 4.79 Å². The molecular formula is C44H62N3O13PS. The van der Waals surface area contributed by atoms with Crippen LogP contribution in [0.5, 0.6) is 11.5 Å². The van der Waals surface area contributed by atoms with Crippen molar-refractivity contribution in [3.63, 3.8) is 0 Å². The zero-order valence-corrected chi connectivity index (χ0v) is 38.3. The van der Waals surface area contributed by atoms with Gasteiger partial charge < -0.3 is 43.9 Å². The number of methoxy groups -OCH3 is 1. The first kappa shape index (κ1) is 49.0. The van der Waals surface area contributed by atoms with Gasteiger partial charge in [0.2, 0.25) is 10.0 Å². The fourth-order valence-electron chi connectivity index (χ4n) is 7.27. The van der Waals surface area contributed by atoms with Crippen molar-refractivity contribution in [2.24, 2.45) is 11.8 Å². The first-order valence-corrected chi connectivity index (χ1v) is 24.1. The molecule has 7 atom stereocenters. The number of carbonyl (C=O) groups excluding carboxylic acids is 2. The van der Waals surface area contributed by atoms with Gasteiger partial charge in [-0.2, -0.15) is 4.31 Å². The highest BCUT2D eigenvalue weighted by atomic mass is 32.2. The van der Waals surface area contributed by atoms with Crippen LogP contribution >= 0.6 is 7.60 Å². The van der Waals surface area contributed by atoms with E-state index >= 15 is 0 Å². The Kier molecular flexibility index (Phi) is 17.4. The van der Waals surface area contributed by atoms with Gasteiger partial charge in [0.25, 0.3) is 0 Å². The van der Waals surface area contributed by atoms with E-state index in [1.807, 2.05) is 52.0 Å². The van der Waals surface area contributed by atoms with Crippen molar-refractivity contribution in [2.75, 3.05) is 46.2 Å². The summed E-state index contributed by atoms with van der Waals surface area (Å²) in [6.45, 7) is 11.6. The number of aliphatic hydroxyl groups is 1. The maximum atomic E-state index is 14.2. The fourth-order valence-corrected chi connectivity index (χ4v) is 11.2. The molecule has 3 aromatic rings. The largest absolute Gasteiger partial charge is 0.497 e. The molecule has 3 aromatic carbocycles. The second-order valence-corrected chi connectivity index (χ2v) is 20.5. The van der Waals surface area contributed by atoms with Gasteiger partial charge in [-0.25, -0.2) is 22.6 Å². The van der Waals surface area contributed by atoms with Gasteiger partial charge in [-0.1, -0.05) is 56.3 Å². The minimum Gasteiger partial charge on any atom is -0.497 e. The molecule has 1 amide bonds. The van der Waals surface area contributed by atoms with Crippen molar-refractivity contribution >= 4 is 29.7 Å². The van der Waals surface area contributed by atoms with E-state index in [4.69, 9.17) is 32.7 Å². The minimum absolute atomic E-state index is 0.0438. The molecule has 2 aliphatic rings. The zero-order valence-electron chi connectivity index (χ0n) is 36.6. The van der Waals surface area contributed by atoms with Crippen molar-refractivity contribution in [1.29, 1.82) is 0 Å². The molecule has 0 bridgehead atoms. The Morgan fingerprint density at radius 3 is 2.27 bits per heavy atom. The normalized spacial score (nSPS) is 20.2. The number of hydrogen-bond donors (Lipinski definition) is 3. The highest BCUT2D eigenvalue weighted by molar-refractivity contribution is 7.89. The van der Waals surface area contributed by atoms with Gasteiger partial charge in [0, 0.05) is 25.2 Å². The first-order chi connectivity index (χ1) is 29.4. The Morgan fingerprint density at radius 2 is 1.63 bits per heavy atom. The number of hydrogen-bond acceptors (Lipinski definition) is 14. The number of ether oxygens (including phenoxy) is 5. The van der Waals surface area contributed by atoms with E-state index in [1.165, 1.54) is 30.5 Å². The number of nitrogens with one attached hydrogen (secondary N) is 2. The minimum atomic E-state index is -4.06. The second kappa shape index (κ2) is 22.0. The Morgan fingerprint density at radius 1 is 0.952 bits per heavy atom. The van der Waals surface area contributed by atoms with E-state index in [2.05, 4.69) is 10.6 Å². The monoisotopic (exact) mass is 903 g/mol. The molecule has 0 spiro atoms. The summed E-state index contributed by atoms with van der Waals surface area (Å²) in [5, 5.41) is 18.1. The van der Waals surface area contributed by atoms with Crippen LogP contribution in [0.25, 0.3) is 0 Å². The first-order valence-electron chi connectivity index (χ1n) is 20.9. The summed E-state index contributed by atoms with van der Waals surface area (Å²) in [6, 6.07) is 21.2. The zero-order chi connectivity index (χ0) is 45.1. The van der Waals surface area contributed by atoms with Gasteiger partial charge in [-0.15, -0.1) is 0 Å². The molecule has 2 unspecified atom stereocenters. The van der Waals surface area contributed by atoms with Gasteiger partial charge in [0.1, 0.15) is 17.6 Å². The molecule has 2 heterocycles. The predicted octanol–water partition coefficient (Wildman–Crippen LogP) is 5.91. The van der Waals surface area contributed by atoms with Gasteiger partial charge in [-0.3, -0.25) is 4.52 Å². The number of rotatable bonds is 23. The maximum absolute atomic E-state index is 14.2. The molecule has 0 aliphatic carbocycles. The van der Waals surface area contributed by atoms with Gasteiger partial charge >= 0.3 is 19.7 Å². The van der Waals surface area contributed by atoms with Crippen LogP contribution in [0, 0.1) is 11.8 Å². The Labute approximate surface area is 365 Å². The molecule has 16 nitrogen and oxygen atoms in total. The molecule has 2 saturated heterocycles. The quantitative estimate of drug-likeness (QED) is 0.0750. The molecule has 0 aromatic heterocycles. The molecule has 0 saturated carbocycles. The van der Waals surface area contributed by atoms with Crippen LogP contribution in [-0.4, -0.2) is 112 Å². The average Bonchev–Trinajstić information content (AvgIpc) is 3.85. The molecule has 5 rings (SSSR count). The highest BCUT2D eigenvalue weighted by Gasteiger charge is 2.44. The molecule has 2 aliphatic heterocycles. The van der Waals surface area contributed by atoms with Crippen LogP contribution in [0.15, 0.2) is 83.8 Å². The highest BCUT2D eigenvalue weighted by Crippen LogP contribution is 2.51. The fraction of sp³-hybridized carbons (Fsp3) is 0.545. The Balaban J connectivity index is 1.29. The predicted molar refractivity (Wildman–Crippen MR) is 231 cm³/mol. The number of fused-ring (bicyclic) bond motifs is 1. The number of sulfonamides is 1. The van der Waals surface area contributed by atoms with Crippen LogP contribution < -0.4 is 19.9 Å². The molecule has 62 heavy (non-hydrogen) atoms. The van der Waals surface area contributed by atoms with E-state index in [0.29, 0.717) is 31.1 Å². The lowest BCUT2D eigenvalue weighted by Gasteiger charge is -2.31. The Hall–Kier alpha value is -4.06. The van der Waals surface area contributed by atoms with Gasteiger partial charge in [-0.05, 0) is 94.0 Å². The van der Waals surface area contributed by atoms with Crippen molar-refractivity contribution in [3.05, 3.63) is 90.0 Å². The number of esters is 1. The van der Waals surface area contributed by atoms with E-state index in [-0.39, 0.29) is 55.6 Å². The summed E-state index contributed by atoms with van der Waals surface area (Å²) >= 11 is 0. The summed E-state index contributed by atoms with van der Waals surface area (Å²) in [6.07, 6.45) is -3.46. The third kappa shape index (κ3) is 14.0. The smallest absolute Gasteiger partial charge is 0.407 e. The number of para-hydroxylation sites is 1. The van der Waals surface area contributed by atoms with Crippen molar-refractivity contribution in [2.45, 2.75) is 102 Å². The van der Waals surface area contributed by atoms with E-state index in [1.54, 1.807) is 49.4 Å². The molecule has 18 heteroatoms. The summed E-state index contributed by atoms with van der Waals surface area (Å²) in [4.78, 5) is 25.9. The third-order valence-electron chi connectivity index (χ3n) is 10.4.